The summed E-state index contributed by atoms with van der Waals surface area (Å²) in [4.78, 5) is 27.0. The van der Waals surface area contributed by atoms with Crippen LogP contribution >= 0.6 is 11.3 Å². The Morgan fingerprint density at radius 2 is 1.89 bits per heavy atom. The average molecular weight is 382 g/mol. The fourth-order valence-electron chi connectivity index (χ4n) is 3.18. The highest BCUT2D eigenvalue weighted by Gasteiger charge is 2.26. The molecule has 2 aromatic rings. The molecule has 0 radical (unpaired) electrons. The molecule has 6 heteroatoms. The van der Waals surface area contributed by atoms with Gasteiger partial charge in [-0.05, 0) is 35.1 Å². The lowest BCUT2D eigenvalue weighted by Gasteiger charge is -2.25. The maximum absolute atomic E-state index is 12.7. The molecule has 0 saturated carbocycles. The second-order valence-corrected chi connectivity index (χ2v) is 8.90. The summed E-state index contributed by atoms with van der Waals surface area (Å²) in [6, 6.07) is 9.78. The van der Waals surface area contributed by atoms with Gasteiger partial charge in [0.2, 0.25) is 5.91 Å². The molecule has 1 aromatic carbocycles. The molecule has 2 amide bonds. The van der Waals surface area contributed by atoms with Crippen molar-refractivity contribution in [2.75, 3.05) is 11.9 Å². The Kier molecular flexibility index (Phi) is 5.07. The van der Waals surface area contributed by atoms with Gasteiger partial charge in [0.15, 0.2) is 0 Å². The molecule has 3 rings (SSSR count). The molecule has 0 unspecified atom stereocenters. The van der Waals surface area contributed by atoms with E-state index in [1.54, 1.807) is 11.8 Å². The molecule has 0 spiro atoms. The number of benzene rings is 1. The van der Waals surface area contributed by atoms with Crippen LogP contribution in [-0.4, -0.2) is 23.3 Å². The number of amides is 2. The van der Waals surface area contributed by atoms with Crippen LogP contribution < -0.4 is 5.32 Å². The summed E-state index contributed by atoms with van der Waals surface area (Å²) >= 11 is 1.39. The van der Waals surface area contributed by atoms with Gasteiger partial charge in [0, 0.05) is 23.9 Å². The number of nitrogens with one attached hydrogen (secondary N) is 1. The van der Waals surface area contributed by atoms with Crippen LogP contribution in [0.25, 0.3) is 0 Å². The number of hydrogen-bond donors (Lipinski definition) is 1. The number of anilines is 1. The lowest BCUT2D eigenvalue weighted by molar-refractivity contribution is -0.129. The highest BCUT2D eigenvalue weighted by molar-refractivity contribution is 7.16. The summed E-state index contributed by atoms with van der Waals surface area (Å²) < 4.78 is 0. The smallest absolute Gasteiger partial charge is 0.256 e. The van der Waals surface area contributed by atoms with Crippen molar-refractivity contribution in [1.29, 1.82) is 5.26 Å². The summed E-state index contributed by atoms with van der Waals surface area (Å²) in [6.07, 6.45) is 0.643. The second-order valence-electron chi connectivity index (χ2n) is 7.79. The number of nitrogens with zero attached hydrogens (tertiary/aromatic N) is 2. The average Bonchev–Trinajstić information content (AvgIpc) is 2.96. The zero-order valence-electron chi connectivity index (χ0n) is 16.0. The summed E-state index contributed by atoms with van der Waals surface area (Å²) in [5.41, 5.74) is 3.23. The fraction of sp³-hybridized carbons (Fsp3) is 0.381. The maximum atomic E-state index is 12.7. The second kappa shape index (κ2) is 7.16. The lowest BCUT2D eigenvalue weighted by atomic mass is 9.87. The number of carbonyl (C=O) groups excluding carboxylic acids is 2. The highest BCUT2D eigenvalue weighted by atomic mass is 32.1. The van der Waals surface area contributed by atoms with E-state index in [2.05, 4.69) is 32.2 Å². The van der Waals surface area contributed by atoms with Crippen molar-refractivity contribution in [2.24, 2.45) is 0 Å². The Balaban J connectivity index is 1.83. The number of fused-ring (bicyclic) bond motifs is 1. The van der Waals surface area contributed by atoms with Crippen molar-refractivity contribution in [3.63, 3.8) is 0 Å². The van der Waals surface area contributed by atoms with E-state index in [0.29, 0.717) is 35.6 Å². The van der Waals surface area contributed by atoms with Crippen LogP contribution in [-0.2, 0) is 23.2 Å². The van der Waals surface area contributed by atoms with Crippen LogP contribution in [0.3, 0.4) is 0 Å². The molecule has 0 fully saturated rings. The van der Waals surface area contributed by atoms with Gasteiger partial charge in [-0.15, -0.1) is 11.3 Å². The largest absolute Gasteiger partial charge is 0.337 e. The van der Waals surface area contributed by atoms with Crippen LogP contribution in [0.1, 0.15) is 59.6 Å². The third kappa shape index (κ3) is 3.88. The molecule has 1 aliphatic rings. The Morgan fingerprint density at radius 3 is 2.44 bits per heavy atom. The Hall–Kier alpha value is -2.65. The van der Waals surface area contributed by atoms with E-state index in [1.807, 2.05) is 24.3 Å². The summed E-state index contributed by atoms with van der Waals surface area (Å²) in [5.74, 6) is -0.203. The van der Waals surface area contributed by atoms with E-state index in [4.69, 9.17) is 0 Å². The third-order valence-electron chi connectivity index (χ3n) is 4.85. The van der Waals surface area contributed by atoms with Gasteiger partial charge in [-0.2, -0.15) is 5.26 Å². The lowest BCUT2D eigenvalue weighted by Crippen LogP contribution is -2.33. The van der Waals surface area contributed by atoms with Gasteiger partial charge < -0.3 is 10.2 Å². The Bertz CT molecular complexity index is 930. The van der Waals surface area contributed by atoms with Crippen LogP contribution in [0.5, 0.6) is 0 Å². The van der Waals surface area contributed by atoms with E-state index in [1.165, 1.54) is 11.3 Å². The summed E-state index contributed by atoms with van der Waals surface area (Å²) in [7, 11) is 0. The van der Waals surface area contributed by atoms with Gasteiger partial charge in [-0.1, -0.05) is 32.9 Å². The zero-order valence-corrected chi connectivity index (χ0v) is 16.9. The molecule has 5 nitrogen and oxygen atoms in total. The summed E-state index contributed by atoms with van der Waals surface area (Å²) in [6.45, 7) is 9.04. The third-order valence-corrected chi connectivity index (χ3v) is 5.99. The number of carbonyl (C=O) groups is 2. The first-order chi connectivity index (χ1) is 12.7. The highest BCUT2D eigenvalue weighted by Crippen LogP contribution is 2.37. The van der Waals surface area contributed by atoms with Gasteiger partial charge in [-0.3, -0.25) is 9.59 Å². The first-order valence-corrected chi connectivity index (χ1v) is 9.74. The minimum atomic E-state index is -0.228. The van der Waals surface area contributed by atoms with Gasteiger partial charge in [-0.25, -0.2) is 0 Å². The van der Waals surface area contributed by atoms with E-state index >= 15 is 0 Å². The summed E-state index contributed by atoms with van der Waals surface area (Å²) in [5, 5.41) is 13.0. The molecule has 0 atom stereocenters. The van der Waals surface area contributed by atoms with Gasteiger partial charge in [0.25, 0.3) is 5.91 Å². The van der Waals surface area contributed by atoms with Crippen molar-refractivity contribution in [1.82, 2.24) is 4.90 Å². The van der Waals surface area contributed by atoms with Crippen molar-refractivity contribution in [3.05, 3.63) is 51.4 Å². The van der Waals surface area contributed by atoms with E-state index < -0.39 is 0 Å². The maximum Gasteiger partial charge on any atom is 0.256 e. The molecular formula is C21H23N3O2S. The van der Waals surface area contributed by atoms with Crippen LogP contribution in [0.15, 0.2) is 24.3 Å². The Morgan fingerprint density at radius 1 is 1.22 bits per heavy atom. The van der Waals surface area contributed by atoms with Gasteiger partial charge in [0.05, 0.1) is 12.1 Å². The minimum absolute atomic E-state index is 0.0251. The number of nitriles is 1. The van der Waals surface area contributed by atoms with Crippen LogP contribution in [0, 0.1) is 11.3 Å². The van der Waals surface area contributed by atoms with Gasteiger partial charge >= 0.3 is 0 Å². The molecule has 1 aliphatic heterocycles. The molecule has 0 aliphatic carbocycles. The minimum Gasteiger partial charge on any atom is -0.337 e. The topological polar surface area (TPSA) is 73.2 Å². The van der Waals surface area contributed by atoms with Crippen molar-refractivity contribution < 1.29 is 9.59 Å². The first kappa shape index (κ1) is 19.1. The van der Waals surface area contributed by atoms with Crippen molar-refractivity contribution >= 4 is 28.2 Å². The van der Waals surface area contributed by atoms with Crippen LogP contribution in [0.2, 0.25) is 0 Å². The monoisotopic (exact) mass is 381 g/mol. The van der Waals surface area contributed by atoms with E-state index in [9.17, 15) is 14.9 Å². The molecule has 140 valence electrons. The molecule has 1 aromatic heterocycles. The number of rotatable bonds is 2. The predicted octanol–water partition coefficient (Wildman–Crippen LogP) is 4.07. The molecule has 2 heterocycles. The normalized spacial score (nSPS) is 13.7. The quantitative estimate of drug-likeness (QED) is 0.852. The van der Waals surface area contributed by atoms with E-state index in [0.717, 1.165) is 16.0 Å². The molecule has 0 saturated heterocycles. The first-order valence-electron chi connectivity index (χ1n) is 8.92. The van der Waals surface area contributed by atoms with E-state index in [-0.39, 0.29) is 17.2 Å². The van der Waals surface area contributed by atoms with Crippen molar-refractivity contribution in [3.8, 4) is 6.07 Å². The molecule has 0 bridgehead atoms. The standard InChI is InChI=1S/C21H23N3O2S/c1-13(25)24-10-9-16-17(11-22)20(27-18(16)12-24)23-19(26)14-5-7-15(8-6-14)21(2,3)4/h5-8H,9-10,12H2,1-4H3,(H,23,26). The van der Waals surface area contributed by atoms with Crippen LogP contribution in [0.4, 0.5) is 5.00 Å². The Labute approximate surface area is 163 Å². The zero-order chi connectivity index (χ0) is 19.8. The SMILES string of the molecule is CC(=O)N1CCc2c(sc(NC(=O)c3ccc(C(C)(C)C)cc3)c2C#N)C1. The molecule has 27 heavy (non-hydrogen) atoms. The van der Waals surface area contributed by atoms with Crippen molar-refractivity contribution in [2.45, 2.75) is 46.1 Å². The fourth-order valence-corrected chi connectivity index (χ4v) is 4.38. The van der Waals surface area contributed by atoms with Gasteiger partial charge in [0.1, 0.15) is 11.1 Å². The molecule has 1 N–H and O–H groups in total. The number of hydrogen-bond acceptors (Lipinski definition) is 4. The number of thiophene rings is 1. The molecular weight excluding hydrogens is 358 g/mol. The predicted molar refractivity (Wildman–Crippen MR) is 107 cm³/mol.